The Morgan fingerprint density at radius 1 is 1.10 bits per heavy atom. The van der Waals surface area contributed by atoms with E-state index in [-0.39, 0.29) is 29.9 Å². The number of hydrogen-bond acceptors (Lipinski definition) is 9. The summed E-state index contributed by atoms with van der Waals surface area (Å²) in [5, 5.41) is 0. The number of amides is 1. The Hall–Kier alpha value is -4.09. The molecule has 0 bridgehead atoms. The molecular weight excluding hydrogens is 660 g/mol. The SMILES string of the molecule is C=CCCC1CC1(C)OC(=O)C[C@H](C(=O)N1C[C@H](Oc2nc3cc(OC)ccc3nc2C(F)(F)C=C)[C@@H](CC)[C@H]1C(=O)OC(C)(C)C)C(C)(C)C. The van der Waals surface area contributed by atoms with Crippen molar-refractivity contribution in [2.24, 2.45) is 23.2 Å². The average Bonchev–Trinajstić information content (AvgIpc) is 3.52. The van der Waals surface area contributed by atoms with Crippen LogP contribution in [0.2, 0.25) is 0 Å². The maximum absolute atomic E-state index is 15.3. The molecule has 4 rings (SSSR count). The molecule has 1 amide bonds. The summed E-state index contributed by atoms with van der Waals surface area (Å²) in [6.45, 7) is 21.3. The Labute approximate surface area is 300 Å². The summed E-state index contributed by atoms with van der Waals surface area (Å²) in [6.07, 6.45) is 3.86. The van der Waals surface area contributed by atoms with Crippen LogP contribution < -0.4 is 9.47 Å². The first-order chi connectivity index (χ1) is 23.7. The first-order valence-corrected chi connectivity index (χ1v) is 17.6. The van der Waals surface area contributed by atoms with E-state index in [2.05, 4.69) is 23.1 Å². The van der Waals surface area contributed by atoms with Crippen molar-refractivity contribution in [1.29, 1.82) is 0 Å². The fourth-order valence-corrected chi connectivity index (χ4v) is 6.78. The van der Waals surface area contributed by atoms with Gasteiger partial charge in [0.1, 0.15) is 29.1 Å². The Bertz CT molecular complexity index is 1650. The second kappa shape index (κ2) is 14.9. The normalized spacial score (nSPS) is 24.1. The van der Waals surface area contributed by atoms with Gasteiger partial charge < -0.3 is 23.8 Å². The van der Waals surface area contributed by atoms with Crippen molar-refractivity contribution in [3.63, 3.8) is 0 Å². The van der Waals surface area contributed by atoms with Gasteiger partial charge in [-0.1, -0.05) is 40.3 Å². The van der Waals surface area contributed by atoms with Gasteiger partial charge in [0.15, 0.2) is 5.69 Å². The minimum atomic E-state index is -3.61. The lowest BCUT2D eigenvalue weighted by molar-refractivity contribution is -0.167. The fraction of sp³-hybridized carbons (Fsp3) is 0.615. The van der Waals surface area contributed by atoms with Crippen LogP contribution in [0.25, 0.3) is 11.0 Å². The maximum atomic E-state index is 15.3. The van der Waals surface area contributed by atoms with E-state index in [4.69, 9.17) is 18.9 Å². The van der Waals surface area contributed by atoms with E-state index < -0.39 is 75.9 Å². The van der Waals surface area contributed by atoms with Crippen LogP contribution in [-0.2, 0) is 29.8 Å². The highest BCUT2D eigenvalue weighted by atomic mass is 19.3. The van der Waals surface area contributed by atoms with Gasteiger partial charge in [0.2, 0.25) is 11.8 Å². The van der Waals surface area contributed by atoms with E-state index in [1.165, 1.54) is 18.1 Å². The molecule has 2 fully saturated rings. The molecule has 1 aromatic carbocycles. The van der Waals surface area contributed by atoms with Crippen LogP contribution in [0.5, 0.6) is 11.6 Å². The molecule has 2 aromatic rings. The zero-order valence-corrected chi connectivity index (χ0v) is 31.4. The van der Waals surface area contributed by atoms with Gasteiger partial charge in [-0.05, 0) is 77.0 Å². The first-order valence-electron chi connectivity index (χ1n) is 17.6. The number of allylic oxidation sites excluding steroid dienone is 2. The minimum Gasteiger partial charge on any atom is -0.497 e. The highest BCUT2D eigenvalue weighted by Gasteiger charge is 2.55. The van der Waals surface area contributed by atoms with Gasteiger partial charge in [0.25, 0.3) is 0 Å². The number of carbonyl (C=O) groups is 3. The Balaban J connectivity index is 1.72. The highest BCUT2D eigenvalue weighted by molar-refractivity contribution is 5.90. The molecule has 2 unspecified atom stereocenters. The van der Waals surface area contributed by atoms with E-state index in [0.717, 1.165) is 19.3 Å². The van der Waals surface area contributed by atoms with Crippen molar-refractivity contribution in [3.8, 4) is 11.6 Å². The van der Waals surface area contributed by atoms with Crippen molar-refractivity contribution < 1.29 is 42.1 Å². The van der Waals surface area contributed by atoms with Crippen LogP contribution in [0, 0.1) is 23.2 Å². The van der Waals surface area contributed by atoms with Gasteiger partial charge in [-0.25, -0.2) is 14.8 Å². The summed E-state index contributed by atoms with van der Waals surface area (Å²) < 4.78 is 54.0. The van der Waals surface area contributed by atoms with Gasteiger partial charge in [-0.3, -0.25) is 9.59 Å². The number of nitrogens with zero attached hydrogens (tertiary/aromatic N) is 3. The average molecular weight is 714 g/mol. The van der Waals surface area contributed by atoms with Crippen molar-refractivity contribution in [1.82, 2.24) is 14.9 Å². The number of halogens is 2. The second-order valence-electron chi connectivity index (χ2n) is 15.9. The molecule has 10 nitrogen and oxygen atoms in total. The number of fused-ring (bicyclic) bond motifs is 1. The molecule has 0 spiro atoms. The maximum Gasteiger partial charge on any atom is 0.329 e. The number of ether oxygens (including phenoxy) is 4. The number of esters is 2. The molecule has 1 saturated carbocycles. The first kappa shape index (κ1) is 39.7. The van der Waals surface area contributed by atoms with E-state index in [1.54, 1.807) is 32.9 Å². The van der Waals surface area contributed by atoms with Gasteiger partial charge in [-0.15, -0.1) is 6.58 Å². The molecule has 0 N–H and O–H groups in total. The third-order valence-corrected chi connectivity index (χ3v) is 9.81. The standard InChI is InChI=1S/C39H53F2N3O7/c1-12-15-16-23-21-38(23,10)50-30(45)20-26(36(4,5)6)34(46)44-22-29(25(13-2)31(44)35(47)51-37(7,8)9)49-33-32(39(40,41)14-3)42-27-18-17-24(48-11)19-28(27)43-33/h12,14,17-19,23,25-26,29,31H,1,3,13,15-16,20-22H2,2,4-11H3/t23?,25-,26-,29+,31+,38?/m1/s1. The third-order valence-electron chi connectivity index (χ3n) is 9.81. The fourth-order valence-electron chi connectivity index (χ4n) is 6.78. The largest absolute Gasteiger partial charge is 0.497 e. The van der Waals surface area contributed by atoms with Gasteiger partial charge in [0, 0.05) is 17.9 Å². The van der Waals surface area contributed by atoms with Crippen LogP contribution in [0.15, 0.2) is 43.5 Å². The third kappa shape index (κ3) is 9.05. The zero-order valence-electron chi connectivity index (χ0n) is 31.4. The van der Waals surface area contributed by atoms with E-state index in [1.807, 2.05) is 40.7 Å². The van der Waals surface area contributed by atoms with Gasteiger partial charge >= 0.3 is 17.9 Å². The topological polar surface area (TPSA) is 117 Å². The summed E-state index contributed by atoms with van der Waals surface area (Å²) in [7, 11) is 1.47. The number of benzene rings is 1. The van der Waals surface area contributed by atoms with Crippen LogP contribution in [0.4, 0.5) is 8.78 Å². The number of carbonyl (C=O) groups excluding carboxylic acids is 3. The zero-order chi connectivity index (χ0) is 38.1. The van der Waals surface area contributed by atoms with Crippen LogP contribution in [0.1, 0.15) is 93.2 Å². The molecule has 2 aliphatic rings. The molecule has 280 valence electrons. The summed E-state index contributed by atoms with van der Waals surface area (Å²) in [6, 6.07) is 3.51. The lowest BCUT2D eigenvalue weighted by atomic mass is 9.77. The summed E-state index contributed by atoms with van der Waals surface area (Å²) in [5.41, 5.74) is -2.52. The summed E-state index contributed by atoms with van der Waals surface area (Å²) >= 11 is 0. The highest BCUT2D eigenvalue weighted by Crippen LogP contribution is 2.50. The van der Waals surface area contributed by atoms with Crippen LogP contribution >= 0.6 is 0 Å². The molecule has 6 atom stereocenters. The minimum absolute atomic E-state index is 0.152. The number of hydrogen-bond donors (Lipinski definition) is 0. The van der Waals surface area contributed by atoms with Crippen molar-refractivity contribution in [3.05, 3.63) is 49.2 Å². The molecule has 1 aliphatic carbocycles. The Morgan fingerprint density at radius 3 is 2.35 bits per heavy atom. The molecule has 1 aromatic heterocycles. The lowest BCUT2D eigenvalue weighted by Crippen LogP contribution is -2.50. The van der Waals surface area contributed by atoms with Gasteiger partial charge in [0.05, 0.1) is 37.0 Å². The Morgan fingerprint density at radius 2 is 1.78 bits per heavy atom. The molecule has 2 heterocycles. The number of rotatable bonds is 14. The van der Waals surface area contributed by atoms with E-state index in [9.17, 15) is 14.4 Å². The predicted molar refractivity (Wildman–Crippen MR) is 189 cm³/mol. The second-order valence-corrected chi connectivity index (χ2v) is 15.9. The quantitative estimate of drug-likeness (QED) is 0.144. The van der Waals surface area contributed by atoms with Crippen molar-refractivity contribution in [2.45, 2.75) is 117 Å². The van der Waals surface area contributed by atoms with Gasteiger partial charge in [-0.2, -0.15) is 8.78 Å². The van der Waals surface area contributed by atoms with Crippen LogP contribution in [-0.4, -0.2) is 69.7 Å². The molecule has 12 heteroatoms. The van der Waals surface area contributed by atoms with Crippen LogP contribution in [0.3, 0.4) is 0 Å². The monoisotopic (exact) mass is 713 g/mol. The van der Waals surface area contributed by atoms with E-state index >= 15 is 8.78 Å². The summed E-state index contributed by atoms with van der Waals surface area (Å²) in [4.78, 5) is 52.0. The number of alkyl halides is 2. The lowest BCUT2D eigenvalue weighted by Gasteiger charge is -2.35. The molecule has 0 radical (unpaired) electrons. The molecule has 1 saturated heterocycles. The van der Waals surface area contributed by atoms with E-state index in [0.29, 0.717) is 18.2 Å². The smallest absolute Gasteiger partial charge is 0.329 e. The number of methoxy groups -OCH3 is 1. The number of likely N-dealkylation sites (tertiary alicyclic amines) is 1. The molecular formula is C39H53F2N3O7. The molecule has 51 heavy (non-hydrogen) atoms. The van der Waals surface area contributed by atoms with Crippen molar-refractivity contribution in [2.75, 3.05) is 13.7 Å². The Kier molecular flexibility index (Phi) is 11.6. The molecule has 1 aliphatic heterocycles. The van der Waals surface area contributed by atoms with Crippen molar-refractivity contribution >= 4 is 28.9 Å². The predicted octanol–water partition coefficient (Wildman–Crippen LogP) is 7.58. The summed E-state index contributed by atoms with van der Waals surface area (Å²) in [5.74, 6) is -6.60. The number of aromatic nitrogens is 2.